The molecule has 0 aliphatic rings. The van der Waals surface area contributed by atoms with Gasteiger partial charge in [-0.25, -0.2) is 27.0 Å². The zero-order valence-electron chi connectivity index (χ0n) is 19.9. The number of benzene rings is 2. The van der Waals surface area contributed by atoms with Gasteiger partial charge in [0.05, 0.1) is 27.6 Å². The highest BCUT2D eigenvalue weighted by Crippen LogP contribution is 2.36. The van der Waals surface area contributed by atoms with Crippen molar-refractivity contribution < 1.29 is 26.7 Å². The lowest BCUT2D eigenvalue weighted by atomic mass is 10.2. The molecule has 0 atom stereocenters. The summed E-state index contributed by atoms with van der Waals surface area (Å²) in [5.74, 6) is -1.92. The number of nitrogens with one attached hydrogen (secondary N) is 1. The quantitative estimate of drug-likeness (QED) is 0.369. The first kappa shape index (κ1) is 27.6. The summed E-state index contributed by atoms with van der Waals surface area (Å²) in [5.41, 5.74) is 1.13. The third-order valence-corrected chi connectivity index (χ3v) is 7.27. The minimum absolute atomic E-state index is 0.0240. The maximum Gasteiger partial charge on any atom is 0.430 e. The van der Waals surface area contributed by atoms with E-state index in [0.29, 0.717) is 17.9 Å². The zero-order chi connectivity index (χ0) is 26.8. The lowest BCUT2D eigenvalue weighted by Crippen LogP contribution is -2.41. The van der Waals surface area contributed by atoms with Gasteiger partial charge >= 0.3 is 6.09 Å². The molecule has 0 bridgehead atoms. The average molecular weight is 558 g/mol. The van der Waals surface area contributed by atoms with Crippen molar-refractivity contribution in [1.29, 1.82) is 0 Å². The van der Waals surface area contributed by atoms with Gasteiger partial charge in [0, 0.05) is 25.0 Å². The standard InChI is InChI=1S/C23H24ClF2N4O4S2/c1-6-29(5)19-9-14(25)7-8-17(19)28-18-11-16(26)20(10-15(18)24)36(32,33)30(21-12-35-13-27-21)22(31)34-23(2,3)4/h7-13,28H,1,6H2,2-5H3. The molecule has 8 nitrogen and oxygen atoms in total. The Balaban J connectivity index is 2.05. The molecule has 1 aromatic heterocycles. The molecule has 1 amide bonds. The number of halogens is 3. The van der Waals surface area contributed by atoms with Crippen LogP contribution in [0.4, 0.5) is 36.5 Å². The minimum atomic E-state index is -4.82. The molecule has 1 heterocycles. The normalized spacial score (nSPS) is 11.8. The first-order chi connectivity index (χ1) is 16.7. The Hall–Kier alpha value is -2.96. The summed E-state index contributed by atoms with van der Waals surface area (Å²) >= 11 is 7.37. The number of hydrogen-bond acceptors (Lipinski definition) is 8. The largest absolute Gasteiger partial charge is 0.443 e. The topological polar surface area (TPSA) is 91.8 Å². The second kappa shape index (κ2) is 10.6. The van der Waals surface area contributed by atoms with Gasteiger partial charge in [-0.15, -0.1) is 15.6 Å². The number of anilines is 4. The van der Waals surface area contributed by atoms with Crippen LogP contribution >= 0.6 is 22.9 Å². The molecule has 193 valence electrons. The number of ether oxygens (including phenoxy) is 1. The number of carbonyl (C=O) groups excluding carboxylic acids is 1. The molecule has 1 radical (unpaired) electrons. The van der Waals surface area contributed by atoms with E-state index >= 15 is 4.39 Å². The fourth-order valence-corrected chi connectivity index (χ4v) is 5.25. The summed E-state index contributed by atoms with van der Waals surface area (Å²) < 4.78 is 61.4. The van der Waals surface area contributed by atoms with E-state index in [-0.39, 0.29) is 20.8 Å². The predicted octanol–water partition coefficient (Wildman–Crippen LogP) is 6.22. The Morgan fingerprint density at radius 3 is 2.50 bits per heavy atom. The lowest BCUT2D eigenvalue weighted by molar-refractivity contribution is 0.0608. The molecule has 13 heteroatoms. The van der Waals surface area contributed by atoms with Crippen molar-refractivity contribution in [3.05, 3.63) is 64.8 Å². The predicted molar refractivity (Wildman–Crippen MR) is 138 cm³/mol. The lowest BCUT2D eigenvalue weighted by Gasteiger charge is -2.26. The number of rotatable bonds is 7. The molecule has 36 heavy (non-hydrogen) atoms. The molecule has 0 spiro atoms. The van der Waals surface area contributed by atoms with Gasteiger partial charge in [0.2, 0.25) is 0 Å². The van der Waals surface area contributed by atoms with Gasteiger partial charge in [0.1, 0.15) is 22.1 Å². The van der Waals surface area contributed by atoms with Crippen molar-refractivity contribution in [3.8, 4) is 0 Å². The van der Waals surface area contributed by atoms with E-state index in [0.717, 1.165) is 23.5 Å². The summed E-state index contributed by atoms with van der Waals surface area (Å²) in [7, 11) is -3.13. The highest BCUT2D eigenvalue weighted by atomic mass is 35.5. The van der Waals surface area contributed by atoms with E-state index in [2.05, 4.69) is 17.2 Å². The van der Waals surface area contributed by atoms with Crippen LogP contribution in [0.25, 0.3) is 0 Å². The van der Waals surface area contributed by atoms with Crippen LogP contribution in [0.15, 0.2) is 46.1 Å². The highest BCUT2D eigenvalue weighted by Gasteiger charge is 2.38. The first-order valence-electron chi connectivity index (χ1n) is 10.5. The first-order valence-corrected chi connectivity index (χ1v) is 13.2. The molecule has 0 unspecified atom stereocenters. The van der Waals surface area contributed by atoms with Crippen LogP contribution in [0.5, 0.6) is 0 Å². The fourth-order valence-electron chi connectivity index (χ4n) is 3.04. The van der Waals surface area contributed by atoms with Crippen LogP contribution in [0.2, 0.25) is 5.02 Å². The number of amides is 1. The summed E-state index contributed by atoms with van der Waals surface area (Å²) in [5, 5.41) is 4.04. The fraction of sp³-hybridized carbons (Fsp3) is 0.261. The molecular formula is C23H24ClF2N4O4S2. The van der Waals surface area contributed by atoms with Gasteiger partial charge in [-0.1, -0.05) is 11.6 Å². The van der Waals surface area contributed by atoms with E-state index in [1.807, 2.05) is 0 Å². The van der Waals surface area contributed by atoms with E-state index < -0.39 is 38.2 Å². The third kappa shape index (κ3) is 6.05. The second-order valence-electron chi connectivity index (χ2n) is 8.57. The number of nitrogens with zero attached hydrogens (tertiary/aromatic N) is 3. The average Bonchev–Trinajstić information content (AvgIpc) is 3.29. The Kier molecular flexibility index (Phi) is 8.11. The number of thiazole rings is 1. The molecular weight excluding hydrogens is 534 g/mol. The Morgan fingerprint density at radius 2 is 1.92 bits per heavy atom. The van der Waals surface area contributed by atoms with Crippen molar-refractivity contribution in [3.63, 3.8) is 0 Å². The van der Waals surface area contributed by atoms with Gasteiger partial charge in [0.25, 0.3) is 10.0 Å². The summed E-state index contributed by atoms with van der Waals surface area (Å²) in [6, 6.07) is 5.66. The van der Waals surface area contributed by atoms with Crippen LogP contribution < -0.4 is 14.5 Å². The minimum Gasteiger partial charge on any atom is -0.443 e. The molecule has 2 aromatic carbocycles. The van der Waals surface area contributed by atoms with Crippen LogP contribution in [0, 0.1) is 18.6 Å². The van der Waals surface area contributed by atoms with E-state index in [1.54, 1.807) is 32.7 Å². The van der Waals surface area contributed by atoms with Gasteiger partial charge in [-0.2, -0.15) is 0 Å². The van der Waals surface area contributed by atoms with Crippen molar-refractivity contribution in [2.45, 2.75) is 31.3 Å². The van der Waals surface area contributed by atoms with Gasteiger partial charge in [-0.05, 0) is 52.0 Å². The van der Waals surface area contributed by atoms with Crippen molar-refractivity contribution in [1.82, 2.24) is 4.98 Å². The van der Waals surface area contributed by atoms with Crippen molar-refractivity contribution >= 4 is 61.9 Å². The SMILES string of the molecule is [CH2]CN(C)c1cc(F)ccc1Nc1cc(F)c(S(=O)(=O)N(C(=O)OC(C)(C)C)c2cscn2)cc1Cl. The molecule has 0 fully saturated rings. The molecule has 0 aliphatic carbocycles. The Bertz CT molecular complexity index is 1360. The second-order valence-corrected chi connectivity index (χ2v) is 11.4. The Labute approximate surface area is 217 Å². The van der Waals surface area contributed by atoms with Crippen LogP contribution in [0.1, 0.15) is 20.8 Å². The van der Waals surface area contributed by atoms with Crippen molar-refractivity contribution in [2.75, 3.05) is 28.1 Å². The van der Waals surface area contributed by atoms with Crippen LogP contribution in [0.3, 0.4) is 0 Å². The zero-order valence-corrected chi connectivity index (χ0v) is 22.3. The maximum atomic E-state index is 15.3. The summed E-state index contributed by atoms with van der Waals surface area (Å²) in [6.07, 6.45) is -1.25. The maximum absolute atomic E-state index is 15.3. The molecule has 3 aromatic rings. The third-order valence-electron chi connectivity index (χ3n) is 4.70. The summed E-state index contributed by atoms with van der Waals surface area (Å²) in [6.45, 7) is 8.75. The number of carbonyl (C=O) groups is 1. The Morgan fingerprint density at radius 1 is 1.22 bits per heavy atom. The van der Waals surface area contributed by atoms with E-state index in [4.69, 9.17) is 16.3 Å². The van der Waals surface area contributed by atoms with Gasteiger partial charge in [-0.3, -0.25) is 0 Å². The smallest absolute Gasteiger partial charge is 0.430 e. The molecule has 0 aliphatic heterocycles. The monoisotopic (exact) mass is 557 g/mol. The van der Waals surface area contributed by atoms with Gasteiger partial charge < -0.3 is 15.0 Å². The molecule has 1 N–H and O–H groups in total. The van der Waals surface area contributed by atoms with E-state index in [9.17, 15) is 17.6 Å². The summed E-state index contributed by atoms with van der Waals surface area (Å²) in [4.78, 5) is 17.5. The van der Waals surface area contributed by atoms with Crippen molar-refractivity contribution in [2.24, 2.45) is 0 Å². The number of hydrogen-bond donors (Lipinski definition) is 1. The molecule has 0 saturated carbocycles. The molecule has 0 saturated heterocycles. The highest BCUT2D eigenvalue weighted by molar-refractivity contribution is 7.93. The number of aromatic nitrogens is 1. The number of sulfonamides is 1. The van der Waals surface area contributed by atoms with Crippen LogP contribution in [-0.2, 0) is 14.8 Å². The van der Waals surface area contributed by atoms with Crippen LogP contribution in [-0.4, -0.2) is 38.7 Å². The molecule has 3 rings (SSSR count). The van der Waals surface area contributed by atoms with E-state index in [1.165, 1.54) is 29.1 Å². The van der Waals surface area contributed by atoms with Gasteiger partial charge in [0.15, 0.2) is 5.82 Å².